The number of Topliss-reactive ketones (excluding diaryl/α,β-unsaturated/α-hetero) is 1. The van der Waals surface area contributed by atoms with Gasteiger partial charge in [0.2, 0.25) is 0 Å². The molecule has 2 aliphatic heterocycles. The molecule has 2 atom stereocenters. The summed E-state index contributed by atoms with van der Waals surface area (Å²) in [4.78, 5) is 16.4. The van der Waals surface area contributed by atoms with Crippen molar-refractivity contribution in [2.75, 3.05) is 37.9 Å². The Bertz CT molecular complexity index is 1580. The maximum absolute atomic E-state index is 13.8. The van der Waals surface area contributed by atoms with Crippen LogP contribution >= 0.6 is 23.2 Å². The topological polar surface area (TPSA) is 91.8 Å². The van der Waals surface area contributed by atoms with E-state index in [-0.39, 0.29) is 69.4 Å². The number of ketones is 1. The Morgan fingerprint density at radius 2 is 1.00 bits per heavy atom. The molecule has 0 N–H and O–H groups in total. The molecule has 2 aromatic carbocycles. The number of benzene rings is 2. The number of nitrogens with zero attached hydrogens (tertiary/aromatic N) is 2. The minimum absolute atomic E-state index is 0.0211. The molecular weight excluding hydrogens is 729 g/mol. The zero-order chi connectivity index (χ0) is 35.9. The molecule has 0 aromatic heterocycles. The molecule has 0 bridgehead atoms. The van der Waals surface area contributed by atoms with Crippen LogP contribution in [-0.2, 0) is 36.8 Å². The van der Waals surface area contributed by atoms with Gasteiger partial charge < -0.3 is 0 Å². The van der Waals surface area contributed by atoms with E-state index in [1.54, 1.807) is 9.80 Å². The van der Waals surface area contributed by atoms with E-state index >= 15 is 0 Å². The van der Waals surface area contributed by atoms with Gasteiger partial charge in [-0.25, -0.2) is 16.8 Å². The summed E-state index contributed by atoms with van der Waals surface area (Å²) in [5, 5.41) is 0. The lowest BCUT2D eigenvalue weighted by molar-refractivity contribution is -0.138. The molecule has 0 aliphatic carbocycles. The Kier molecular flexibility index (Phi) is 11.4. The third-order valence-electron chi connectivity index (χ3n) is 9.78. The summed E-state index contributed by atoms with van der Waals surface area (Å²) >= 11 is 12.5. The van der Waals surface area contributed by atoms with Gasteiger partial charge in [0.05, 0.1) is 42.5 Å². The molecule has 2 fully saturated rings. The molecular formula is C31H36Cl2F6N2O5S2. The minimum Gasteiger partial charge on any atom is -0.296 e. The predicted molar refractivity (Wildman–Crippen MR) is 170 cm³/mol. The highest BCUT2D eigenvalue weighted by molar-refractivity contribution is 7.93. The van der Waals surface area contributed by atoms with Crippen molar-refractivity contribution in [3.63, 3.8) is 0 Å². The molecule has 0 saturated carbocycles. The number of carbonyl (C=O) groups is 1. The highest BCUT2D eigenvalue weighted by atomic mass is 35.5. The first-order chi connectivity index (χ1) is 22.1. The fourth-order valence-electron chi connectivity index (χ4n) is 6.33. The van der Waals surface area contributed by atoms with Crippen molar-refractivity contribution in [3.05, 3.63) is 59.7 Å². The highest BCUT2D eigenvalue weighted by Gasteiger charge is 2.48. The summed E-state index contributed by atoms with van der Waals surface area (Å²) in [5.41, 5.74) is -2.15. The van der Waals surface area contributed by atoms with Crippen molar-refractivity contribution in [3.8, 4) is 0 Å². The van der Waals surface area contributed by atoms with Gasteiger partial charge in [-0.15, -0.1) is 23.2 Å². The van der Waals surface area contributed by atoms with E-state index in [0.717, 1.165) is 36.4 Å². The van der Waals surface area contributed by atoms with Crippen LogP contribution in [-0.4, -0.2) is 91.9 Å². The van der Waals surface area contributed by atoms with Gasteiger partial charge in [-0.2, -0.15) is 26.3 Å². The summed E-state index contributed by atoms with van der Waals surface area (Å²) in [6, 6.07) is 5.45. The molecule has 0 spiro atoms. The Morgan fingerprint density at radius 3 is 1.27 bits per heavy atom. The summed E-state index contributed by atoms with van der Waals surface area (Å²) in [7, 11) is -8.38. The van der Waals surface area contributed by atoms with Crippen molar-refractivity contribution in [1.82, 2.24) is 9.80 Å². The molecule has 2 aromatic rings. The Morgan fingerprint density at radius 1 is 0.688 bits per heavy atom. The van der Waals surface area contributed by atoms with Crippen LogP contribution in [0.3, 0.4) is 0 Å². The summed E-state index contributed by atoms with van der Waals surface area (Å²) in [5.74, 6) is -0.661. The second kappa shape index (κ2) is 14.0. The van der Waals surface area contributed by atoms with Crippen LogP contribution in [0.5, 0.6) is 0 Å². The molecule has 17 heteroatoms. The third-order valence-corrected chi connectivity index (χ3v) is 15.5. The average molecular weight is 766 g/mol. The molecule has 0 radical (unpaired) electrons. The average Bonchev–Trinajstić information content (AvgIpc) is 3.03. The van der Waals surface area contributed by atoms with Gasteiger partial charge in [0, 0.05) is 37.9 Å². The number of piperidine rings is 2. The maximum Gasteiger partial charge on any atom is 0.416 e. The normalized spacial score (nSPS) is 21.0. The summed E-state index contributed by atoms with van der Waals surface area (Å²) < 4.78 is 131. The summed E-state index contributed by atoms with van der Waals surface area (Å²) in [6.07, 6.45) is -9.35. The number of hydrogen-bond donors (Lipinski definition) is 0. The SMILES string of the molecule is CC1(S(=O)(=O)c2cccc(C(F)(F)F)c2)CCN(C(CCl)C(=O)C(CCl)N2CCC(C)(S(=O)(=O)c3cccc(C(F)(F)F)c3)CC2)CC1. The number of rotatable bonds is 10. The van der Waals surface area contributed by atoms with Crippen LogP contribution in [0.4, 0.5) is 26.3 Å². The van der Waals surface area contributed by atoms with Gasteiger partial charge >= 0.3 is 12.4 Å². The van der Waals surface area contributed by atoms with Crippen molar-refractivity contribution < 1.29 is 48.0 Å². The number of sulfone groups is 2. The second-order valence-corrected chi connectivity index (χ2v) is 18.3. The van der Waals surface area contributed by atoms with Crippen LogP contribution in [0.25, 0.3) is 0 Å². The van der Waals surface area contributed by atoms with Crippen molar-refractivity contribution >= 4 is 48.7 Å². The van der Waals surface area contributed by atoms with Gasteiger partial charge in [0.1, 0.15) is 0 Å². The van der Waals surface area contributed by atoms with Crippen LogP contribution in [0, 0.1) is 0 Å². The molecule has 2 heterocycles. The molecule has 48 heavy (non-hydrogen) atoms. The smallest absolute Gasteiger partial charge is 0.296 e. The van der Waals surface area contributed by atoms with E-state index in [4.69, 9.17) is 23.2 Å². The first-order valence-electron chi connectivity index (χ1n) is 15.1. The fourth-order valence-corrected chi connectivity index (χ4v) is 10.7. The largest absolute Gasteiger partial charge is 0.416 e. The minimum atomic E-state index is -4.72. The van der Waals surface area contributed by atoms with Crippen LogP contribution in [0.1, 0.15) is 50.7 Å². The zero-order valence-electron chi connectivity index (χ0n) is 26.1. The molecule has 2 aliphatic rings. The van der Waals surface area contributed by atoms with E-state index in [1.807, 2.05) is 0 Å². The van der Waals surface area contributed by atoms with Crippen molar-refractivity contribution in [2.45, 2.75) is 83.3 Å². The summed E-state index contributed by atoms with van der Waals surface area (Å²) in [6.45, 7) is 3.38. The fraction of sp³-hybridized carbons (Fsp3) is 0.581. The van der Waals surface area contributed by atoms with Crippen LogP contribution < -0.4 is 0 Å². The van der Waals surface area contributed by atoms with Gasteiger partial charge in [0.15, 0.2) is 25.5 Å². The van der Waals surface area contributed by atoms with Gasteiger partial charge in [-0.05, 0) is 75.9 Å². The predicted octanol–water partition coefficient (Wildman–Crippen LogP) is 6.46. The number of hydrogen-bond acceptors (Lipinski definition) is 7. The monoisotopic (exact) mass is 764 g/mol. The van der Waals surface area contributed by atoms with Crippen molar-refractivity contribution in [1.29, 1.82) is 0 Å². The Labute approximate surface area is 286 Å². The first kappa shape index (κ1) is 38.9. The number of alkyl halides is 8. The van der Waals surface area contributed by atoms with Crippen molar-refractivity contribution in [2.24, 2.45) is 0 Å². The molecule has 7 nitrogen and oxygen atoms in total. The number of halogens is 8. The van der Waals surface area contributed by atoms with Gasteiger partial charge in [-0.1, -0.05) is 12.1 Å². The Balaban J connectivity index is 1.44. The number of likely N-dealkylation sites (tertiary alicyclic amines) is 2. The lowest BCUT2D eigenvalue weighted by Gasteiger charge is -2.44. The highest BCUT2D eigenvalue weighted by Crippen LogP contribution is 2.40. The first-order valence-corrected chi connectivity index (χ1v) is 19.1. The van der Waals surface area contributed by atoms with Crippen LogP contribution in [0.2, 0.25) is 0 Å². The van der Waals surface area contributed by atoms with E-state index in [1.165, 1.54) is 13.8 Å². The van der Waals surface area contributed by atoms with E-state index in [2.05, 4.69) is 0 Å². The quantitative estimate of drug-likeness (QED) is 0.203. The van der Waals surface area contributed by atoms with Crippen LogP contribution in [0.15, 0.2) is 58.3 Å². The standard InChI is InChI=1S/C31H36Cl2F6N2O5S2/c1-28(47(43,44)23-7-3-5-21(17-23)30(34,35)36)9-13-40(14-10-28)25(19-32)27(42)26(20-33)41-15-11-29(2,12-16-41)48(45,46)24-8-4-6-22(18-24)31(37,38)39/h3-8,17-18,25-26H,9-16,19-20H2,1-2H3. The lowest BCUT2D eigenvalue weighted by Crippen LogP contribution is -2.59. The molecule has 268 valence electrons. The number of carbonyl (C=O) groups excluding carboxylic acids is 1. The van der Waals surface area contributed by atoms with E-state index in [0.29, 0.717) is 12.1 Å². The maximum atomic E-state index is 13.8. The zero-order valence-corrected chi connectivity index (χ0v) is 29.3. The second-order valence-electron chi connectivity index (χ2n) is 12.8. The van der Waals surface area contributed by atoms with Gasteiger partial charge in [0.25, 0.3) is 0 Å². The molecule has 4 rings (SSSR count). The van der Waals surface area contributed by atoms with Gasteiger partial charge in [-0.3, -0.25) is 14.6 Å². The Hall–Kier alpha value is -1.91. The van der Waals surface area contributed by atoms with E-state index in [9.17, 15) is 48.0 Å². The van der Waals surface area contributed by atoms with E-state index < -0.39 is 74.5 Å². The molecule has 2 saturated heterocycles. The molecule has 0 amide bonds. The third kappa shape index (κ3) is 7.56. The lowest BCUT2D eigenvalue weighted by atomic mass is 9.93. The molecule has 2 unspecified atom stereocenters.